The number of hydrogen-bond donors (Lipinski definition) is 5. The van der Waals surface area contributed by atoms with E-state index in [1.807, 2.05) is 30.5 Å². The molecule has 1 aromatic carbocycles. The molecule has 0 aliphatic heterocycles. The molecule has 0 aliphatic carbocycles. The molecule has 0 fully saturated rings. The highest BCUT2D eigenvalue weighted by Crippen LogP contribution is 2.18. The van der Waals surface area contributed by atoms with Crippen molar-refractivity contribution >= 4 is 16.8 Å². The molecule has 0 aliphatic rings. The number of aromatic nitrogens is 1. The summed E-state index contributed by atoms with van der Waals surface area (Å²) < 4.78 is 0. The van der Waals surface area contributed by atoms with Crippen molar-refractivity contribution in [2.45, 2.75) is 24.9 Å². The first kappa shape index (κ1) is 15.5. The fraction of sp³-hybridized carbons (Fsp3) is 0.400. The second-order valence-electron chi connectivity index (χ2n) is 5.54. The van der Waals surface area contributed by atoms with Crippen LogP contribution in [0.25, 0.3) is 10.9 Å². The van der Waals surface area contributed by atoms with Gasteiger partial charge in [-0.3, -0.25) is 4.79 Å². The van der Waals surface area contributed by atoms with Crippen LogP contribution in [-0.4, -0.2) is 45.9 Å². The van der Waals surface area contributed by atoms with Gasteiger partial charge in [-0.2, -0.15) is 0 Å². The molecule has 0 radical (unpaired) electrons. The summed E-state index contributed by atoms with van der Waals surface area (Å²) in [4.78, 5) is 15.2. The van der Waals surface area contributed by atoms with Crippen LogP contribution in [0, 0.1) is 0 Å². The number of carbonyl (C=O) groups is 1. The number of aromatic amines is 1. The first-order valence-corrected chi connectivity index (χ1v) is 6.83. The Morgan fingerprint density at radius 3 is 2.71 bits per heavy atom. The number of aliphatic hydroxyl groups excluding tert-OH is 2. The quantitative estimate of drug-likeness (QED) is 0.511. The molecular formula is C15H21N3O3. The van der Waals surface area contributed by atoms with E-state index in [9.17, 15) is 15.0 Å². The zero-order valence-electron chi connectivity index (χ0n) is 12.0. The van der Waals surface area contributed by atoms with Gasteiger partial charge in [-0.15, -0.1) is 0 Å². The fourth-order valence-electron chi connectivity index (χ4n) is 2.15. The lowest BCUT2D eigenvalue weighted by Gasteiger charge is -2.27. The number of H-pyrrole nitrogens is 1. The molecule has 0 spiro atoms. The first-order chi connectivity index (χ1) is 9.99. The van der Waals surface area contributed by atoms with Crippen molar-refractivity contribution in [1.29, 1.82) is 0 Å². The Balaban J connectivity index is 2.07. The van der Waals surface area contributed by atoms with Crippen molar-refractivity contribution < 1.29 is 15.0 Å². The average molecular weight is 291 g/mol. The Bertz CT molecular complexity index is 619. The minimum atomic E-state index is -1.06. The molecule has 1 heterocycles. The average Bonchev–Trinajstić information content (AvgIpc) is 2.90. The van der Waals surface area contributed by atoms with Crippen LogP contribution in [0.2, 0.25) is 0 Å². The van der Waals surface area contributed by atoms with Gasteiger partial charge in [0.05, 0.1) is 24.8 Å². The van der Waals surface area contributed by atoms with E-state index in [-0.39, 0.29) is 13.2 Å². The highest BCUT2D eigenvalue weighted by molar-refractivity contribution is 5.86. The number of carbonyl (C=O) groups excluding carboxylic acids is 1. The van der Waals surface area contributed by atoms with E-state index in [1.165, 1.54) is 0 Å². The molecule has 114 valence electrons. The van der Waals surface area contributed by atoms with Gasteiger partial charge < -0.3 is 26.2 Å². The third kappa shape index (κ3) is 3.41. The number of fused-ring (bicyclic) bond motifs is 1. The molecule has 1 aromatic heterocycles. The van der Waals surface area contributed by atoms with Gasteiger partial charge in [0.25, 0.3) is 0 Å². The molecule has 0 unspecified atom stereocenters. The van der Waals surface area contributed by atoms with Crippen molar-refractivity contribution in [1.82, 2.24) is 10.3 Å². The Hall–Kier alpha value is -1.89. The van der Waals surface area contributed by atoms with Crippen LogP contribution in [0.5, 0.6) is 0 Å². The van der Waals surface area contributed by atoms with Crippen molar-refractivity contribution in [2.24, 2.45) is 5.73 Å². The topological polar surface area (TPSA) is 111 Å². The Kier molecular flexibility index (Phi) is 4.62. The second-order valence-corrected chi connectivity index (χ2v) is 5.54. The summed E-state index contributed by atoms with van der Waals surface area (Å²) in [5, 5.41) is 22.0. The second kappa shape index (κ2) is 6.26. The van der Waals surface area contributed by atoms with Crippen LogP contribution in [0.1, 0.15) is 12.5 Å². The van der Waals surface area contributed by atoms with E-state index in [0.717, 1.165) is 16.5 Å². The summed E-state index contributed by atoms with van der Waals surface area (Å²) in [7, 11) is 0. The maximum absolute atomic E-state index is 12.1. The summed E-state index contributed by atoms with van der Waals surface area (Å²) in [6.45, 7) is 0.855. The predicted molar refractivity (Wildman–Crippen MR) is 80.7 cm³/mol. The van der Waals surface area contributed by atoms with Crippen LogP contribution in [0.4, 0.5) is 0 Å². The number of benzene rings is 1. The minimum absolute atomic E-state index is 0.352. The monoisotopic (exact) mass is 291 g/mol. The summed E-state index contributed by atoms with van der Waals surface area (Å²) in [5.41, 5.74) is 6.82. The van der Waals surface area contributed by atoms with Crippen LogP contribution >= 0.6 is 0 Å². The Labute approximate surface area is 123 Å². The fourth-order valence-corrected chi connectivity index (χ4v) is 2.15. The number of nitrogens with two attached hydrogens (primary N) is 1. The molecule has 21 heavy (non-hydrogen) atoms. The summed E-state index contributed by atoms with van der Waals surface area (Å²) in [6.07, 6.45) is 2.22. The molecule has 6 nitrogen and oxygen atoms in total. The normalized spacial score (nSPS) is 13.3. The third-order valence-electron chi connectivity index (χ3n) is 3.57. The number of rotatable bonds is 6. The molecule has 0 bridgehead atoms. The SMILES string of the molecule is CC(CO)(CO)NC(=O)[C@H](N)Cc1c[nH]c2ccccc12. The number of amides is 1. The van der Waals surface area contributed by atoms with E-state index in [0.29, 0.717) is 6.42 Å². The van der Waals surface area contributed by atoms with Gasteiger partial charge in [0.2, 0.25) is 5.91 Å². The van der Waals surface area contributed by atoms with E-state index in [1.54, 1.807) is 6.92 Å². The standard InChI is InChI=1S/C15H21N3O3/c1-15(8-19,9-20)18-14(21)12(16)6-10-7-17-13-5-3-2-4-11(10)13/h2-5,7,12,17,19-20H,6,8-9,16H2,1H3,(H,18,21)/t12-/m1/s1. The van der Waals surface area contributed by atoms with Gasteiger partial charge in [0, 0.05) is 17.1 Å². The Morgan fingerprint density at radius 2 is 2.05 bits per heavy atom. The van der Waals surface area contributed by atoms with E-state index in [2.05, 4.69) is 10.3 Å². The molecule has 6 N–H and O–H groups in total. The van der Waals surface area contributed by atoms with E-state index < -0.39 is 17.5 Å². The Morgan fingerprint density at radius 1 is 1.38 bits per heavy atom. The number of aliphatic hydroxyl groups is 2. The highest BCUT2D eigenvalue weighted by atomic mass is 16.3. The molecule has 6 heteroatoms. The number of para-hydroxylation sites is 1. The molecule has 2 aromatic rings. The smallest absolute Gasteiger partial charge is 0.237 e. The highest BCUT2D eigenvalue weighted by Gasteiger charge is 2.27. The minimum Gasteiger partial charge on any atom is -0.394 e. The molecular weight excluding hydrogens is 270 g/mol. The lowest BCUT2D eigenvalue weighted by atomic mass is 10.0. The van der Waals surface area contributed by atoms with Crippen LogP contribution in [0.3, 0.4) is 0 Å². The third-order valence-corrected chi connectivity index (χ3v) is 3.57. The van der Waals surface area contributed by atoms with Crippen molar-refractivity contribution in [2.75, 3.05) is 13.2 Å². The molecule has 1 atom stereocenters. The lowest BCUT2D eigenvalue weighted by Crippen LogP contribution is -2.56. The maximum Gasteiger partial charge on any atom is 0.237 e. The van der Waals surface area contributed by atoms with Gasteiger partial charge in [0.15, 0.2) is 0 Å². The zero-order chi connectivity index (χ0) is 15.5. The molecule has 1 amide bonds. The predicted octanol–water partition coefficient (Wildman–Crippen LogP) is -0.103. The summed E-state index contributed by atoms with van der Waals surface area (Å²) in [5.74, 6) is -0.397. The van der Waals surface area contributed by atoms with Crippen LogP contribution in [-0.2, 0) is 11.2 Å². The summed E-state index contributed by atoms with van der Waals surface area (Å²) in [6, 6.07) is 7.04. The van der Waals surface area contributed by atoms with Gasteiger partial charge >= 0.3 is 0 Å². The van der Waals surface area contributed by atoms with Crippen molar-refractivity contribution in [3.05, 3.63) is 36.0 Å². The summed E-state index contributed by atoms with van der Waals surface area (Å²) >= 11 is 0. The zero-order valence-corrected chi connectivity index (χ0v) is 12.0. The van der Waals surface area contributed by atoms with E-state index in [4.69, 9.17) is 5.73 Å². The molecule has 0 saturated heterocycles. The maximum atomic E-state index is 12.1. The first-order valence-electron chi connectivity index (χ1n) is 6.83. The van der Waals surface area contributed by atoms with Gasteiger partial charge in [-0.25, -0.2) is 0 Å². The lowest BCUT2D eigenvalue weighted by molar-refractivity contribution is -0.125. The van der Waals surface area contributed by atoms with Crippen LogP contribution < -0.4 is 11.1 Å². The molecule has 0 saturated carbocycles. The van der Waals surface area contributed by atoms with Gasteiger partial charge in [0.1, 0.15) is 0 Å². The largest absolute Gasteiger partial charge is 0.394 e. The molecule has 2 rings (SSSR count). The number of hydrogen-bond acceptors (Lipinski definition) is 4. The van der Waals surface area contributed by atoms with E-state index >= 15 is 0 Å². The van der Waals surface area contributed by atoms with Gasteiger partial charge in [-0.1, -0.05) is 18.2 Å². The number of nitrogens with one attached hydrogen (secondary N) is 2. The van der Waals surface area contributed by atoms with Gasteiger partial charge in [-0.05, 0) is 25.0 Å². The van der Waals surface area contributed by atoms with Crippen molar-refractivity contribution in [3.63, 3.8) is 0 Å². The van der Waals surface area contributed by atoms with Crippen LogP contribution in [0.15, 0.2) is 30.5 Å². The van der Waals surface area contributed by atoms with Crippen molar-refractivity contribution in [3.8, 4) is 0 Å².